The number of nitrogens with zero attached hydrogens (tertiary/aromatic N) is 5. The summed E-state index contributed by atoms with van der Waals surface area (Å²) >= 11 is 0. The zero-order valence-electron chi connectivity index (χ0n) is 10.4. The van der Waals surface area contributed by atoms with E-state index in [9.17, 15) is 0 Å². The first-order chi connectivity index (χ1) is 8.83. The molecule has 0 unspecified atom stereocenters. The fourth-order valence-corrected chi connectivity index (χ4v) is 2.07. The van der Waals surface area contributed by atoms with Crippen molar-refractivity contribution in [3.05, 3.63) is 24.4 Å². The highest BCUT2D eigenvalue weighted by molar-refractivity contribution is 5.54. The number of likely N-dealkylation sites (N-methyl/N-ethyl adjacent to an activating group) is 1. The van der Waals surface area contributed by atoms with E-state index in [-0.39, 0.29) is 0 Å². The highest BCUT2D eigenvalue weighted by atomic mass is 15.3. The third-order valence-electron chi connectivity index (χ3n) is 3.25. The predicted molar refractivity (Wildman–Crippen MR) is 69.3 cm³/mol. The highest BCUT2D eigenvalue weighted by Gasteiger charge is 2.15. The van der Waals surface area contributed by atoms with Gasteiger partial charge in [0, 0.05) is 32.4 Å². The summed E-state index contributed by atoms with van der Waals surface area (Å²) in [5.41, 5.74) is 1.72. The molecule has 0 aliphatic carbocycles. The van der Waals surface area contributed by atoms with Crippen LogP contribution in [-0.2, 0) is 0 Å². The van der Waals surface area contributed by atoms with Crippen LogP contribution in [0.2, 0.25) is 0 Å². The quantitative estimate of drug-likeness (QED) is 0.839. The molecule has 1 aliphatic heterocycles. The molecular formula is C12H16N6. The molecule has 1 aliphatic rings. The van der Waals surface area contributed by atoms with Gasteiger partial charge in [-0.05, 0) is 25.2 Å². The normalized spacial score (nSPS) is 17.1. The molecule has 0 spiro atoms. The number of hydrogen-bond acceptors (Lipinski definition) is 5. The highest BCUT2D eigenvalue weighted by Crippen LogP contribution is 2.16. The molecule has 94 valence electrons. The molecule has 1 fully saturated rings. The molecule has 0 atom stereocenters. The molecule has 0 amide bonds. The molecule has 0 bridgehead atoms. The summed E-state index contributed by atoms with van der Waals surface area (Å²) in [7, 11) is 2.14. The second-order valence-corrected chi connectivity index (χ2v) is 4.54. The van der Waals surface area contributed by atoms with Crippen molar-refractivity contribution in [1.29, 1.82) is 0 Å². The Hall–Kier alpha value is -1.95. The first-order valence-electron chi connectivity index (χ1n) is 6.10. The molecule has 2 aromatic rings. The first-order valence-corrected chi connectivity index (χ1v) is 6.10. The minimum absolute atomic E-state index is 0.824. The molecule has 6 heteroatoms. The average Bonchev–Trinajstić information content (AvgIpc) is 2.94. The third-order valence-corrected chi connectivity index (χ3v) is 3.25. The Labute approximate surface area is 106 Å². The van der Waals surface area contributed by atoms with Crippen LogP contribution in [-0.4, -0.2) is 58.5 Å². The van der Waals surface area contributed by atoms with Gasteiger partial charge in [0.25, 0.3) is 0 Å². The number of aromatic amines is 1. The van der Waals surface area contributed by atoms with Gasteiger partial charge in [-0.1, -0.05) is 0 Å². The van der Waals surface area contributed by atoms with E-state index in [1.54, 1.807) is 6.20 Å². The summed E-state index contributed by atoms with van der Waals surface area (Å²) in [5.74, 6) is 0.950. The lowest BCUT2D eigenvalue weighted by Gasteiger charge is -2.32. The van der Waals surface area contributed by atoms with Crippen LogP contribution in [0.4, 0.5) is 5.82 Å². The molecule has 1 saturated heterocycles. The second kappa shape index (κ2) is 4.73. The van der Waals surface area contributed by atoms with E-state index in [0.717, 1.165) is 43.4 Å². The van der Waals surface area contributed by atoms with E-state index in [4.69, 9.17) is 0 Å². The summed E-state index contributed by atoms with van der Waals surface area (Å²) in [4.78, 5) is 4.59. The molecule has 2 aromatic heterocycles. The Morgan fingerprint density at radius 1 is 1.06 bits per heavy atom. The first kappa shape index (κ1) is 11.2. The van der Waals surface area contributed by atoms with Crippen molar-refractivity contribution in [2.24, 2.45) is 0 Å². The Morgan fingerprint density at radius 2 is 1.89 bits per heavy atom. The van der Waals surface area contributed by atoms with Crippen molar-refractivity contribution in [1.82, 2.24) is 25.3 Å². The fourth-order valence-electron chi connectivity index (χ4n) is 2.07. The van der Waals surface area contributed by atoms with Crippen molar-refractivity contribution in [3.63, 3.8) is 0 Å². The number of hydrogen-bond donors (Lipinski definition) is 1. The standard InChI is InChI=1S/C12H16N6/c1-17-6-8-18(9-7-17)12-3-2-10(15-16-12)11-4-5-13-14-11/h2-5H,6-9H2,1H3,(H,13,14). The van der Waals surface area contributed by atoms with E-state index >= 15 is 0 Å². The van der Waals surface area contributed by atoms with Gasteiger partial charge in [-0.25, -0.2) is 0 Å². The van der Waals surface area contributed by atoms with E-state index < -0.39 is 0 Å². The number of rotatable bonds is 2. The number of nitrogens with one attached hydrogen (secondary N) is 1. The summed E-state index contributed by atoms with van der Waals surface area (Å²) in [6.07, 6.45) is 1.71. The number of anilines is 1. The zero-order valence-corrected chi connectivity index (χ0v) is 10.4. The Kier molecular flexibility index (Phi) is 2.93. The van der Waals surface area contributed by atoms with Gasteiger partial charge in [0.1, 0.15) is 5.69 Å². The molecule has 0 radical (unpaired) electrons. The van der Waals surface area contributed by atoms with Crippen LogP contribution in [0, 0.1) is 0 Å². The van der Waals surface area contributed by atoms with Gasteiger partial charge < -0.3 is 9.80 Å². The van der Waals surface area contributed by atoms with Crippen LogP contribution in [0.1, 0.15) is 0 Å². The maximum Gasteiger partial charge on any atom is 0.151 e. The molecule has 3 heterocycles. The van der Waals surface area contributed by atoms with Gasteiger partial charge in [-0.2, -0.15) is 5.10 Å². The monoisotopic (exact) mass is 244 g/mol. The average molecular weight is 244 g/mol. The van der Waals surface area contributed by atoms with Gasteiger partial charge in [0.15, 0.2) is 5.82 Å². The maximum atomic E-state index is 4.29. The van der Waals surface area contributed by atoms with Crippen LogP contribution in [0.25, 0.3) is 11.4 Å². The van der Waals surface area contributed by atoms with Crippen LogP contribution >= 0.6 is 0 Å². The van der Waals surface area contributed by atoms with Crippen LogP contribution in [0.3, 0.4) is 0 Å². The topological polar surface area (TPSA) is 60.9 Å². The van der Waals surface area contributed by atoms with Gasteiger partial charge >= 0.3 is 0 Å². The smallest absolute Gasteiger partial charge is 0.151 e. The number of piperazine rings is 1. The largest absolute Gasteiger partial charge is 0.353 e. The molecule has 0 saturated carbocycles. The van der Waals surface area contributed by atoms with E-state index in [1.807, 2.05) is 18.2 Å². The lowest BCUT2D eigenvalue weighted by atomic mass is 10.3. The summed E-state index contributed by atoms with van der Waals surface area (Å²) in [5, 5.41) is 15.3. The van der Waals surface area contributed by atoms with Gasteiger partial charge in [-0.15, -0.1) is 10.2 Å². The Bertz CT molecular complexity index is 484. The summed E-state index contributed by atoms with van der Waals surface area (Å²) in [6.45, 7) is 4.16. The SMILES string of the molecule is CN1CCN(c2ccc(-c3ccn[nH]3)nn2)CC1. The summed E-state index contributed by atoms with van der Waals surface area (Å²) < 4.78 is 0. The molecular weight excluding hydrogens is 228 g/mol. The Morgan fingerprint density at radius 3 is 2.50 bits per heavy atom. The predicted octanol–water partition coefficient (Wildman–Crippen LogP) is 0.618. The minimum atomic E-state index is 0.824. The lowest BCUT2D eigenvalue weighted by molar-refractivity contribution is 0.312. The van der Waals surface area contributed by atoms with E-state index in [2.05, 4.69) is 37.2 Å². The van der Waals surface area contributed by atoms with Crippen molar-refractivity contribution in [2.45, 2.75) is 0 Å². The summed E-state index contributed by atoms with van der Waals surface area (Å²) in [6, 6.07) is 5.89. The van der Waals surface area contributed by atoms with Gasteiger partial charge in [-0.3, -0.25) is 5.10 Å². The molecule has 1 N–H and O–H groups in total. The van der Waals surface area contributed by atoms with Crippen molar-refractivity contribution in [2.75, 3.05) is 38.1 Å². The van der Waals surface area contributed by atoms with Gasteiger partial charge in [0.2, 0.25) is 0 Å². The third kappa shape index (κ3) is 2.19. The zero-order chi connectivity index (χ0) is 12.4. The van der Waals surface area contributed by atoms with Gasteiger partial charge in [0.05, 0.1) is 5.69 Å². The second-order valence-electron chi connectivity index (χ2n) is 4.54. The van der Waals surface area contributed by atoms with Crippen molar-refractivity contribution in [3.8, 4) is 11.4 Å². The van der Waals surface area contributed by atoms with Crippen molar-refractivity contribution < 1.29 is 0 Å². The lowest BCUT2D eigenvalue weighted by Crippen LogP contribution is -2.44. The number of aromatic nitrogens is 4. The van der Waals surface area contributed by atoms with E-state index in [0.29, 0.717) is 0 Å². The van der Waals surface area contributed by atoms with Crippen LogP contribution in [0.5, 0.6) is 0 Å². The molecule has 3 rings (SSSR count). The van der Waals surface area contributed by atoms with E-state index in [1.165, 1.54) is 0 Å². The molecule has 0 aromatic carbocycles. The molecule has 18 heavy (non-hydrogen) atoms. The maximum absolute atomic E-state index is 4.29. The van der Waals surface area contributed by atoms with Crippen LogP contribution < -0.4 is 4.90 Å². The Balaban J connectivity index is 1.75. The van der Waals surface area contributed by atoms with Crippen molar-refractivity contribution >= 4 is 5.82 Å². The number of H-pyrrole nitrogens is 1. The molecule has 6 nitrogen and oxygen atoms in total. The fraction of sp³-hybridized carbons (Fsp3) is 0.417. The van der Waals surface area contributed by atoms with Crippen LogP contribution in [0.15, 0.2) is 24.4 Å². The minimum Gasteiger partial charge on any atom is -0.353 e.